The van der Waals surface area contributed by atoms with Crippen LogP contribution in [0, 0.1) is 5.41 Å². The second-order valence-electron chi connectivity index (χ2n) is 6.78. The number of nitrogens with zero attached hydrogens (tertiary/aromatic N) is 2. The summed E-state index contributed by atoms with van der Waals surface area (Å²) in [5, 5.41) is 9.03. The van der Waals surface area contributed by atoms with Crippen molar-refractivity contribution in [3.8, 4) is 0 Å². The average Bonchev–Trinajstić information content (AvgIpc) is 3.00. The number of amides is 1. The number of likely N-dealkylation sites (tertiary alicyclic amines) is 2. The lowest BCUT2D eigenvalue weighted by molar-refractivity contribution is 0.0785. The summed E-state index contributed by atoms with van der Waals surface area (Å²) in [5.41, 5.74) is 1.28. The molecule has 1 amide bonds. The third kappa shape index (κ3) is 4.03. The van der Waals surface area contributed by atoms with Crippen molar-refractivity contribution in [1.82, 2.24) is 9.80 Å². The third-order valence-corrected chi connectivity index (χ3v) is 5.23. The van der Waals surface area contributed by atoms with Crippen LogP contribution in [-0.2, 0) is 11.3 Å². The van der Waals surface area contributed by atoms with Gasteiger partial charge in [0.2, 0.25) is 0 Å². The number of carbonyl (C=O) groups is 1. The Hall–Kier alpha value is -1.59. The second-order valence-corrected chi connectivity index (χ2v) is 6.78. The molecule has 2 fully saturated rings. The van der Waals surface area contributed by atoms with Crippen LogP contribution in [0.2, 0.25) is 0 Å². The van der Waals surface area contributed by atoms with Gasteiger partial charge in [-0.2, -0.15) is 0 Å². The number of piperidine rings is 1. The Morgan fingerprint density at radius 1 is 1.13 bits per heavy atom. The van der Waals surface area contributed by atoms with Crippen LogP contribution >= 0.6 is 0 Å². The lowest BCUT2D eigenvalue weighted by atomic mass is 9.78. The second kappa shape index (κ2) is 7.32. The zero-order valence-corrected chi connectivity index (χ0v) is 13.6. The molecular weight excluding hydrogens is 292 g/mol. The molecule has 2 heterocycles. The summed E-state index contributed by atoms with van der Waals surface area (Å²) in [7, 11) is 0. The molecule has 2 aliphatic rings. The van der Waals surface area contributed by atoms with Gasteiger partial charge in [0.05, 0.1) is 6.61 Å². The molecular formula is C18H26N2O3. The van der Waals surface area contributed by atoms with Crippen LogP contribution in [0.4, 0.5) is 4.79 Å². The molecule has 126 valence electrons. The molecule has 5 nitrogen and oxygen atoms in total. The zero-order chi connectivity index (χ0) is 16.1. The number of hydrogen-bond acceptors (Lipinski definition) is 4. The number of rotatable bonds is 4. The smallest absolute Gasteiger partial charge is 0.410 e. The van der Waals surface area contributed by atoms with Gasteiger partial charge in [0.15, 0.2) is 0 Å². The van der Waals surface area contributed by atoms with Crippen molar-refractivity contribution in [2.24, 2.45) is 5.41 Å². The molecule has 1 spiro atoms. The number of aliphatic hydroxyl groups excluding tert-OH is 1. The van der Waals surface area contributed by atoms with Gasteiger partial charge in [0.25, 0.3) is 0 Å². The highest BCUT2D eigenvalue weighted by atomic mass is 16.6. The van der Waals surface area contributed by atoms with Gasteiger partial charge in [-0.05, 0) is 43.3 Å². The van der Waals surface area contributed by atoms with Crippen LogP contribution in [0.3, 0.4) is 0 Å². The molecule has 1 aromatic carbocycles. The molecule has 0 radical (unpaired) electrons. The van der Waals surface area contributed by atoms with E-state index in [1.807, 2.05) is 35.2 Å². The van der Waals surface area contributed by atoms with Crippen molar-refractivity contribution in [3.05, 3.63) is 35.9 Å². The average molecular weight is 318 g/mol. The Kier molecular flexibility index (Phi) is 5.18. The lowest BCUT2D eigenvalue weighted by Gasteiger charge is -2.38. The maximum absolute atomic E-state index is 12.3. The Bertz CT molecular complexity index is 512. The predicted octanol–water partition coefficient (Wildman–Crippen LogP) is 2.10. The maximum atomic E-state index is 12.3. The Labute approximate surface area is 137 Å². The van der Waals surface area contributed by atoms with Gasteiger partial charge in [-0.15, -0.1) is 0 Å². The van der Waals surface area contributed by atoms with Crippen LogP contribution in [0.5, 0.6) is 0 Å². The van der Waals surface area contributed by atoms with Crippen LogP contribution in [-0.4, -0.2) is 60.3 Å². The van der Waals surface area contributed by atoms with Gasteiger partial charge >= 0.3 is 6.09 Å². The van der Waals surface area contributed by atoms with E-state index in [0.29, 0.717) is 6.61 Å². The van der Waals surface area contributed by atoms with Crippen LogP contribution in [0.25, 0.3) is 0 Å². The summed E-state index contributed by atoms with van der Waals surface area (Å²) in [6, 6.07) is 9.80. The van der Waals surface area contributed by atoms with E-state index in [-0.39, 0.29) is 18.1 Å². The van der Waals surface area contributed by atoms with Gasteiger partial charge in [0, 0.05) is 19.6 Å². The predicted molar refractivity (Wildman–Crippen MR) is 88.0 cm³/mol. The molecule has 0 atom stereocenters. The fraction of sp³-hybridized carbons (Fsp3) is 0.611. The first-order valence-electron chi connectivity index (χ1n) is 8.50. The molecule has 2 saturated heterocycles. The zero-order valence-electron chi connectivity index (χ0n) is 13.6. The minimum absolute atomic E-state index is 0.191. The summed E-state index contributed by atoms with van der Waals surface area (Å²) < 4.78 is 5.45. The van der Waals surface area contributed by atoms with E-state index in [2.05, 4.69) is 4.90 Å². The van der Waals surface area contributed by atoms with Crippen molar-refractivity contribution in [2.75, 3.05) is 39.3 Å². The molecule has 5 heteroatoms. The van der Waals surface area contributed by atoms with Crippen LogP contribution < -0.4 is 0 Å². The van der Waals surface area contributed by atoms with Gasteiger partial charge in [-0.25, -0.2) is 4.79 Å². The third-order valence-electron chi connectivity index (χ3n) is 5.23. The summed E-state index contributed by atoms with van der Waals surface area (Å²) in [6.07, 6.45) is 3.09. The van der Waals surface area contributed by atoms with Crippen molar-refractivity contribution in [3.63, 3.8) is 0 Å². The van der Waals surface area contributed by atoms with Crippen molar-refractivity contribution in [1.29, 1.82) is 0 Å². The highest BCUT2D eigenvalue weighted by Crippen LogP contribution is 2.40. The molecule has 0 aromatic heterocycles. The number of ether oxygens (including phenoxy) is 1. The number of aliphatic hydroxyl groups is 1. The summed E-state index contributed by atoms with van der Waals surface area (Å²) in [5.74, 6) is 0. The maximum Gasteiger partial charge on any atom is 0.410 e. The van der Waals surface area contributed by atoms with E-state index < -0.39 is 0 Å². The first kappa shape index (κ1) is 16.3. The SMILES string of the molecule is O=C(OCc1ccccc1)N1CCC2(CCN(CCO)CC2)C1. The summed E-state index contributed by atoms with van der Waals surface area (Å²) >= 11 is 0. The highest BCUT2D eigenvalue weighted by molar-refractivity contribution is 5.68. The van der Waals surface area contributed by atoms with Crippen LogP contribution in [0.15, 0.2) is 30.3 Å². The molecule has 0 saturated carbocycles. The number of β-amino-alcohol motifs (C(OH)–C–C–N with tert-alkyl or cyclic N) is 1. The summed E-state index contributed by atoms with van der Waals surface area (Å²) in [4.78, 5) is 16.4. The summed E-state index contributed by atoms with van der Waals surface area (Å²) in [6.45, 7) is 4.99. The molecule has 2 aliphatic heterocycles. The molecule has 1 N–H and O–H groups in total. The first-order valence-corrected chi connectivity index (χ1v) is 8.50. The van der Waals surface area contributed by atoms with Crippen molar-refractivity contribution >= 4 is 6.09 Å². The van der Waals surface area contributed by atoms with Crippen molar-refractivity contribution < 1.29 is 14.6 Å². The van der Waals surface area contributed by atoms with E-state index in [9.17, 15) is 4.79 Å². The van der Waals surface area contributed by atoms with Crippen LogP contribution in [0.1, 0.15) is 24.8 Å². The monoisotopic (exact) mass is 318 g/mol. The Morgan fingerprint density at radius 2 is 1.83 bits per heavy atom. The molecule has 0 aliphatic carbocycles. The first-order chi connectivity index (χ1) is 11.2. The highest BCUT2D eigenvalue weighted by Gasteiger charge is 2.42. The minimum Gasteiger partial charge on any atom is -0.445 e. The van der Waals surface area contributed by atoms with E-state index >= 15 is 0 Å². The molecule has 0 bridgehead atoms. The standard InChI is InChI=1S/C18H26N2O3/c21-13-12-19-9-6-18(7-10-19)8-11-20(15-18)17(22)23-14-16-4-2-1-3-5-16/h1-5,21H,6-15H2. The minimum atomic E-state index is -0.191. The topological polar surface area (TPSA) is 53.0 Å². The molecule has 3 rings (SSSR count). The number of hydrogen-bond donors (Lipinski definition) is 1. The number of benzene rings is 1. The quantitative estimate of drug-likeness (QED) is 0.924. The van der Waals surface area contributed by atoms with Gasteiger partial charge < -0.3 is 19.6 Å². The largest absolute Gasteiger partial charge is 0.445 e. The Balaban J connectivity index is 1.47. The van der Waals surface area contributed by atoms with Crippen molar-refractivity contribution in [2.45, 2.75) is 25.9 Å². The van der Waals surface area contributed by atoms with E-state index in [1.165, 1.54) is 0 Å². The van der Waals surface area contributed by atoms with E-state index in [1.54, 1.807) is 0 Å². The normalized spacial score (nSPS) is 20.8. The lowest BCUT2D eigenvalue weighted by Crippen LogP contribution is -2.43. The molecule has 1 aromatic rings. The van der Waals surface area contributed by atoms with Gasteiger partial charge in [-0.1, -0.05) is 30.3 Å². The fourth-order valence-corrected chi connectivity index (χ4v) is 3.70. The van der Waals surface area contributed by atoms with E-state index in [4.69, 9.17) is 9.84 Å². The molecule has 23 heavy (non-hydrogen) atoms. The number of carbonyl (C=O) groups excluding carboxylic acids is 1. The van der Waals surface area contributed by atoms with E-state index in [0.717, 1.165) is 57.5 Å². The molecule has 0 unspecified atom stereocenters. The Morgan fingerprint density at radius 3 is 2.52 bits per heavy atom. The van der Waals surface area contributed by atoms with Gasteiger partial charge in [0.1, 0.15) is 6.61 Å². The fourth-order valence-electron chi connectivity index (χ4n) is 3.70. The van der Waals surface area contributed by atoms with Gasteiger partial charge in [-0.3, -0.25) is 0 Å².